The first-order valence-electron chi connectivity index (χ1n) is 3.15. The van der Waals surface area contributed by atoms with E-state index in [1.165, 1.54) is 16.7 Å². The summed E-state index contributed by atoms with van der Waals surface area (Å²) in [5, 5.41) is 0. The Morgan fingerprint density at radius 2 is 1.40 bits per heavy atom. The van der Waals surface area contributed by atoms with Crippen molar-refractivity contribution in [2.24, 2.45) is 0 Å². The van der Waals surface area contributed by atoms with E-state index in [0.717, 1.165) is 0 Å². The van der Waals surface area contributed by atoms with Gasteiger partial charge in [-0.1, -0.05) is 20.8 Å². The van der Waals surface area contributed by atoms with Crippen molar-refractivity contribution in [2.75, 3.05) is 0 Å². The predicted octanol–water partition coefficient (Wildman–Crippen LogP) is 2.41. The molecule has 0 aliphatic rings. The molecule has 0 aliphatic carbocycles. The van der Waals surface area contributed by atoms with Gasteiger partial charge in [-0.15, -0.1) is 0 Å². The van der Waals surface area contributed by atoms with Gasteiger partial charge in [0.2, 0.25) is 0 Å². The minimum Gasteiger partial charge on any atom is -0.177 e. The van der Waals surface area contributed by atoms with Crippen LogP contribution in [0.3, 0.4) is 0 Å². The second-order valence-electron chi connectivity index (χ2n) is 2.52. The molecule has 0 radical (unpaired) electrons. The topological polar surface area (TPSA) is 0 Å². The second-order valence-corrected chi connectivity index (χ2v) is 2.52. The summed E-state index contributed by atoms with van der Waals surface area (Å²) in [6, 6.07) is 7.47. The van der Waals surface area contributed by atoms with Gasteiger partial charge in [0, 0.05) is 21.1 Å². The molecule has 0 spiro atoms. The summed E-state index contributed by atoms with van der Waals surface area (Å²) >= 11 is 0. The molecule has 0 nitrogen and oxygen atoms in total. The molecule has 0 aromatic heterocycles. The molecule has 0 fully saturated rings. The maximum atomic E-state index is 3.21. The van der Waals surface area contributed by atoms with Gasteiger partial charge in [0.05, 0.1) is 0 Å². The molecule has 1 aromatic rings. The Labute approximate surface area is 76.9 Å². The van der Waals surface area contributed by atoms with Crippen LogP contribution in [-0.2, 0) is 21.1 Å². The average Bonchev–Trinajstić information content (AvgIpc) is 1.59. The van der Waals surface area contributed by atoms with E-state index in [2.05, 4.69) is 39.0 Å². The fraction of sp³-hybridized carbons (Fsp3) is 0.333. The van der Waals surface area contributed by atoms with E-state index >= 15 is 0 Å². The van der Waals surface area contributed by atoms with Gasteiger partial charge in [0.15, 0.2) is 0 Å². The number of aryl methyl sites for hydroxylation is 3. The largest absolute Gasteiger partial charge is 0.177 e. The molecule has 0 amide bonds. The molecule has 0 heterocycles. The molecule has 0 saturated heterocycles. The maximum absolute atomic E-state index is 3.21. The molecule has 0 atom stereocenters. The van der Waals surface area contributed by atoms with E-state index in [1.807, 2.05) is 0 Å². The Bertz CT molecular complexity index is 165. The first-order valence-corrected chi connectivity index (χ1v) is 3.15. The van der Waals surface area contributed by atoms with Crippen LogP contribution < -0.4 is 0 Å². The molecule has 54 valence electrons. The molecule has 1 rings (SSSR count). The van der Waals surface area contributed by atoms with E-state index in [-0.39, 0.29) is 21.1 Å². The van der Waals surface area contributed by atoms with Crippen LogP contribution >= 0.6 is 0 Å². The summed E-state index contributed by atoms with van der Waals surface area (Å²) in [6.45, 7) is 6.24. The van der Waals surface area contributed by atoms with Crippen LogP contribution in [0.5, 0.6) is 0 Å². The van der Waals surface area contributed by atoms with Crippen molar-refractivity contribution in [3.8, 4) is 0 Å². The standard InChI is InChI=1S/C9H11.W/c1-7-4-8(2)6-9(3)5-7;/h4-5H,1-3H3;/q-1;. The molecule has 0 unspecified atom stereocenters. The number of hydrogen-bond acceptors (Lipinski definition) is 0. The predicted molar refractivity (Wildman–Crippen MR) is 39.5 cm³/mol. The monoisotopic (exact) mass is 303 g/mol. The zero-order valence-electron chi connectivity index (χ0n) is 6.56. The van der Waals surface area contributed by atoms with Crippen LogP contribution in [0.15, 0.2) is 12.1 Å². The molecule has 0 bridgehead atoms. The van der Waals surface area contributed by atoms with Gasteiger partial charge in [0.25, 0.3) is 0 Å². The van der Waals surface area contributed by atoms with Crippen LogP contribution in [-0.4, -0.2) is 0 Å². The first-order chi connectivity index (χ1) is 4.18. The third-order valence-electron chi connectivity index (χ3n) is 1.28. The third kappa shape index (κ3) is 2.66. The molecule has 1 heteroatoms. The number of benzene rings is 1. The quantitative estimate of drug-likeness (QED) is 0.646. The fourth-order valence-corrected chi connectivity index (χ4v) is 1.11. The second kappa shape index (κ2) is 3.93. The van der Waals surface area contributed by atoms with Gasteiger partial charge in [0.1, 0.15) is 0 Å². The Kier molecular flexibility index (Phi) is 3.89. The van der Waals surface area contributed by atoms with Crippen LogP contribution in [0, 0.1) is 26.8 Å². The van der Waals surface area contributed by atoms with Crippen molar-refractivity contribution >= 4 is 0 Å². The van der Waals surface area contributed by atoms with Gasteiger partial charge in [-0.25, -0.2) is 0 Å². The van der Waals surface area contributed by atoms with Crippen molar-refractivity contribution in [3.05, 3.63) is 34.9 Å². The van der Waals surface area contributed by atoms with Gasteiger partial charge in [-0.3, -0.25) is 0 Å². The summed E-state index contributed by atoms with van der Waals surface area (Å²) < 4.78 is 0. The number of hydrogen-bond donors (Lipinski definition) is 0. The van der Waals surface area contributed by atoms with E-state index in [1.54, 1.807) is 0 Å². The Hall–Kier alpha value is -0.0917. The summed E-state index contributed by atoms with van der Waals surface area (Å²) in [5.74, 6) is 0. The van der Waals surface area contributed by atoms with E-state index in [4.69, 9.17) is 0 Å². The van der Waals surface area contributed by atoms with E-state index in [9.17, 15) is 0 Å². The average molecular weight is 303 g/mol. The molecular weight excluding hydrogens is 292 g/mol. The first kappa shape index (κ1) is 9.91. The van der Waals surface area contributed by atoms with Gasteiger partial charge in [-0.05, 0) is 0 Å². The SMILES string of the molecule is Cc1[c-]c(C)cc(C)c1.[W]. The zero-order valence-corrected chi connectivity index (χ0v) is 9.50. The van der Waals surface area contributed by atoms with Crippen LogP contribution in [0.25, 0.3) is 0 Å². The smallest absolute Gasteiger partial charge is 0 e. The fourth-order valence-electron chi connectivity index (χ4n) is 1.11. The molecule has 10 heavy (non-hydrogen) atoms. The normalized spacial score (nSPS) is 8.70. The maximum Gasteiger partial charge on any atom is 0 e. The Morgan fingerprint density at radius 1 is 1.00 bits per heavy atom. The van der Waals surface area contributed by atoms with Crippen molar-refractivity contribution < 1.29 is 21.1 Å². The van der Waals surface area contributed by atoms with Crippen LogP contribution in [0.2, 0.25) is 0 Å². The van der Waals surface area contributed by atoms with Crippen molar-refractivity contribution in [3.63, 3.8) is 0 Å². The van der Waals surface area contributed by atoms with Gasteiger partial charge < -0.3 is 0 Å². The number of rotatable bonds is 0. The van der Waals surface area contributed by atoms with Crippen molar-refractivity contribution in [1.82, 2.24) is 0 Å². The Morgan fingerprint density at radius 3 is 1.70 bits per heavy atom. The molecule has 1 aromatic carbocycles. The third-order valence-corrected chi connectivity index (χ3v) is 1.28. The van der Waals surface area contributed by atoms with Gasteiger partial charge >= 0.3 is 0 Å². The van der Waals surface area contributed by atoms with Crippen LogP contribution in [0.4, 0.5) is 0 Å². The molecule has 0 N–H and O–H groups in total. The van der Waals surface area contributed by atoms with E-state index in [0.29, 0.717) is 0 Å². The summed E-state index contributed by atoms with van der Waals surface area (Å²) in [4.78, 5) is 0. The molecule has 0 aliphatic heterocycles. The van der Waals surface area contributed by atoms with E-state index < -0.39 is 0 Å². The summed E-state index contributed by atoms with van der Waals surface area (Å²) in [5.41, 5.74) is 3.78. The minimum absolute atomic E-state index is 0. The summed E-state index contributed by atoms with van der Waals surface area (Å²) in [7, 11) is 0. The zero-order chi connectivity index (χ0) is 6.85. The Balaban J connectivity index is 0.000000810. The summed E-state index contributed by atoms with van der Waals surface area (Å²) in [6.07, 6.45) is 0. The van der Waals surface area contributed by atoms with Crippen LogP contribution in [0.1, 0.15) is 16.7 Å². The molecular formula is C9H11W-. The van der Waals surface area contributed by atoms with Gasteiger partial charge in [-0.2, -0.15) is 34.9 Å². The minimum atomic E-state index is 0. The van der Waals surface area contributed by atoms with Crippen molar-refractivity contribution in [2.45, 2.75) is 20.8 Å². The molecule has 0 saturated carbocycles. The van der Waals surface area contributed by atoms with Crippen molar-refractivity contribution in [1.29, 1.82) is 0 Å².